The normalized spacial score (nSPS) is 14.2. The molecule has 3 aromatic rings. The summed E-state index contributed by atoms with van der Waals surface area (Å²) in [5, 5.41) is 10.00. The lowest BCUT2D eigenvalue weighted by molar-refractivity contribution is 0.0880. The Bertz CT molecular complexity index is 1090. The summed E-state index contributed by atoms with van der Waals surface area (Å²) < 4.78 is 31.2. The minimum Gasteiger partial charge on any atom is -0.493 e. The van der Waals surface area contributed by atoms with Gasteiger partial charge < -0.3 is 19.3 Å². The number of aliphatic hydroxyl groups is 1. The highest BCUT2D eigenvalue weighted by molar-refractivity contribution is 5.49. The van der Waals surface area contributed by atoms with E-state index in [4.69, 9.17) is 14.2 Å². The molecule has 6 nitrogen and oxygen atoms in total. The quantitative estimate of drug-likeness (QED) is 0.566. The number of ether oxygens (including phenoxy) is 3. The highest BCUT2D eigenvalue weighted by atomic mass is 19.1. The van der Waals surface area contributed by atoms with E-state index in [2.05, 4.69) is 0 Å². The van der Waals surface area contributed by atoms with E-state index in [1.807, 2.05) is 0 Å². The molecule has 7 heteroatoms. The molecule has 1 aliphatic carbocycles. The van der Waals surface area contributed by atoms with Gasteiger partial charge in [0.15, 0.2) is 11.5 Å². The standard InChI is InChI=1S/C24H24FNO5/c1-29-23-12-19(8-9-22(23)31-15-21(27)17-4-5-17)26-11-10-20(13-24(26)28)30-14-16-2-6-18(25)7-3-16/h2-3,6-13,17,21,27H,4-5,14-15H2,1H3/t21-/m1/s1. The predicted octanol–water partition coefficient (Wildman–Crippen LogP) is 3.71. The molecule has 0 saturated heterocycles. The molecule has 0 bridgehead atoms. The van der Waals surface area contributed by atoms with E-state index >= 15 is 0 Å². The lowest BCUT2D eigenvalue weighted by atomic mass is 10.2. The molecular weight excluding hydrogens is 401 g/mol. The number of nitrogens with zero attached hydrogens (tertiary/aromatic N) is 1. The van der Waals surface area contributed by atoms with Crippen molar-refractivity contribution in [2.24, 2.45) is 5.92 Å². The zero-order valence-electron chi connectivity index (χ0n) is 17.2. The fourth-order valence-electron chi connectivity index (χ4n) is 3.23. The molecule has 0 unspecified atom stereocenters. The number of aromatic nitrogens is 1. The van der Waals surface area contributed by atoms with Gasteiger partial charge in [-0.05, 0) is 54.7 Å². The molecule has 0 aliphatic heterocycles. The van der Waals surface area contributed by atoms with Crippen LogP contribution in [0.5, 0.6) is 17.2 Å². The number of methoxy groups -OCH3 is 1. The van der Waals surface area contributed by atoms with Gasteiger partial charge in [-0.15, -0.1) is 0 Å². The van der Waals surface area contributed by atoms with Gasteiger partial charge in [0.25, 0.3) is 5.56 Å². The first kappa shape index (κ1) is 20.9. The van der Waals surface area contributed by atoms with E-state index in [0.717, 1.165) is 18.4 Å². The maximum Gasteiger partial charge on any atom is 0.258 e. The van der Waals surface area contributed by atoms with Crippen molar-refractivity contribution in [3.8, 4) is 22.9 Å². The van der Waals surface area contributed by atoms with Crippen molar-refractivity contribution in [1.82, 2.24) is 4.57 Å². The number of pyridine rings is 1. The fourth-order valence-corrected chi connectivity index (χ4v) is 3.23. The van der Waals surface area contributed by atoms with Crippen LogP contribution in [0.15, 0.2) is 65.6 Å². The van der Waals surface area contributed by atoms with Gasteiger partial charge in [-0.2, -0.15) is 0 Å². The van der Waals surface area contributed by atoms with Gasteiger partial charge in [0.1, 0.15) is 24.8 Å². The molecule has 2 aromatic carbocycles. The molecule has 1 aromatic heterocycles. The van der Waals surface area contributed by atoms with Crippen molar-refractivity contribution >= 4 is 0 Å². The number of aliphatic hydroxyl groups excluding tert-OH is 1. The summed E-state index contributed by atoms with van der Waals surface area (Å²) in [5.74, 6) is 1.43. The molecule has 4 rings (SSSR count). The third-order valence-electron chi connectivity index (χ3n) is 5.21. The Morgan fingerprint density at radius 2 is 1.84 bits per heavy atom. The van der Waals surface area contributed by atoms with E-state index in [0.29, 0.717) is 28.9 Å². The Kier molecular flexibility index (Phi) is 6.23. The number of hydrogen-bond donors (Lipinski definition) is 1. The minimum atomic E-state index is -0.477. The van der Waals surface area contributed by atoms with Crippen molar-refractivity contribution < 1.29 is 23.7 Å². The summed E-state index contributed by atoms with van der Waals surface area (Å²) in [7, 11) is 1.53. The zero-order valence-corrected chi connectivity index (χ0v) is 17.2. The van der Waals surface area contributed by atoms with Crippen molar-refractivity contribution in [2.45, 2.75) is 25.6 Å². The third-order valence-corrected chi connectivity index (χ3v) is 5.21. The van der Waals surface area contributed by atoms with Gasteiger partial charge in [0.05, 0.1) is 18.9 Å². The number of halogens is 1. The Labute approximate surface area is 179 Å². The molecule has 0 amide bonds. The number of hydrogen-bond acceptors (Lipinski definition) is 5. The van der Waals surface area contributed by atoms with Gasteiger partial charge in [-0.1, -0.05) is 12.1 Å². The smallest absolute Gasteiger partial charge is 0.258 e. The number of rotatable bonds is 9. The predicted molar refractivity (Wildman–Crippen MR) is 114 cm³/mol. The average Bonchev–Trinajstić information content (AvgIpc) is 3.63. The molecule has 162 valence electrons. The Morgan fingerprint density at radius 3 is 2.52 bits per heavy atom. The van der Waals surface area contributed by atoms with Crippen LogP contribution in [0.2, 0.25) is 0 Å². The van der Waals surface area contributed by atoms with E-state index in [-0.39, 0.29) is 24.6 Å². The van der Waals surface area contributed by atoms with E-state index in [9.17, 15) is 14.3 Å². The molecule has 0 radical (unpaired) electrons. The lowest BCUT2D eigenvalue weighted by Crippen LogP contribution is -2.20. The maximum absolute atomic E-state index is 13.0. The van der Waals surface area contributed by atoms with Crippen molar-refractivity contribution in [3.05, 3.63) is 82.5 Å². The monoisotopic (exact) mass is 425 g/mol. The van der Waals surface area contributed by atoms with Crippen LogP contribution in [0.25, 0.3) is 5.69 Å². The van der Waals surface area contributed by atoms with Gasteiger partial charge in [-0.25, -0.2) is 4.39 Å². The minimum absolute atomic E-state index is 0.209. The zero-order chi connectivity index (χ0) is 21.8. The molecule has 1 saturated carbocycles. The first-order chi connectivity index (χ1) is 15.0. The third kappa shape index (κ3) is 5.24. The molecule has 1 aliphatic rings. The van der Waals surface area contributed by atoms with Gasteiger partial charge in [-0.3, -0.25) is 9.36 Å². The summed E-state index contributed by atoms with van der Waals surface area (Å²) in [6.45, 7) is 0.441. The summed E-state index contributed by atoms with van der Waals surface area (Å²) >= 11 is 0. The topological polar surface area (TPSA) is 69.9 Å². The first-order valence-corrected chi connectivity index (χ1v) is 10.1. The van der Waals surface area contributed by atoms with Crippen molar-refractivity contribution in [1.29, 1.82) is 0 Å². The second-order valence-electron chi connectivity index (χ2n) is 7.54. The molecule has 0 spiro atoms. The van der Waals surface area contributed by atoms with Gasteiger partial charge in [0, 0.05) is 18.3 Å². The van der Waals surface area contributed by atoms with Crippen LogP contribution < -0.4 is 19.8 Å². The van der Waals surface area contributed by atoms with Crippen LogP contribution in [0.1, 0.15) is 18.4 Å². The lowest BCUT2D eigenvalue weighted by Gasteiger charge is -2.15. The van der Waals surface area contributed by atoms with Crippen LogP contribution in [-0.2, 0) is 6.61 Å². The van der Waals surface area contributed by atoms with E-state index < -0.39 is 6.10 Å². The Balaban J connectivity index is 1.45. The fraction of sp³-hybridized carbons (Fsp3) is 0.292. The highest BCUT2D eigenvalue weighted by Crippen LogP contribution is 2.34. The van der Waals surface area contributed by atoms with Crippen LogP contribution >= 0.6 is 0 Å². The first-order valence-electron chi connectivity index (χ1n) is 10.1. The van der Waals surface area contributed by atoms with Gasteiger partial charge >= 0.3 is 0 Å². The summed E-state index contributed by atoms with van der Waals surface area (Å²) in [6.07, 6.45) is 3.21. The Morgan fingerprint density at radius 1 is 1.06 bits per heavy atom. The van der Waals surface area contributed by atoms with Crippen molar-refractivity contribution in [2.75, 3.05) is 13.7 Å². The van der Waals surface area contributed by atoms with E-state index in [1.165, 1.54) is 29.9 Å². The Hall–Kier alpha value is -3.32. The molecular formula is C24H24FNO5. The van der Waals surface area contributed by atoms with E-state index in [1.54, 1.807) is 42.6 Å². The molecule has 31 heavy (non-hydrogen) atoms. The number of benzene rings is 2. The molecule has 1 N–H and O–H groups in total. The molecule has 1 fully saturated rings. The largest absolute Gasteiger partial charge is 0.493 e. The van der Waals surface area contributed by atoms with Crippen LogP contribution in [-0.4, -0.2) is 29.5 Å². The maximum atomic E-state index is 13.0. The summed E-state index contributed by atoms with van der Waals surface area (Å²) in [6, 6.07) is 14.3. The van der Waals surface area contributed by atoms with Crippen LogP contribution in [0, 0.1) is 11.7 Å². The molecule has 1 heterocycles. The van der Waals surface area contributed by atoms with Crippen molar-refractivity contribution in [3.63, 3.8) is 0 Å². The van der Waals surface area contributed by atoms with Crippen LogP contribution in [0.3, 0.4) is 0 Å². The second-order valence-corrected chi connectivity index (χ2v) is 7.54. The molecule has 1 atom stereocenters. The highest BCUT2D eigenvalue weighted by Gasteiger charge is 2.30. The summed E-state index contributed by atoms with van der Waals surface area (Å²) in [5.41, 5.74) is 1.15. The SMILES string of the molecule is COc1cc(-n2ccc(OCc3ccc(F)cc3)cc2=O)ccc1OC[C@@H](O)C1CC1. The van der Waals surface area contributed by atoms with Gasteiger partial charge in [0.2, 0.25) is 0 Å². The van der Waals surface area contributed by atoms with Crippen LogP contribution in [0.4, 0.5) is 4.39 Å². The summed E-state index contributed by atoms with van der Waals surface area (Å²) in [4.78, 5) is 12.6. The second kappa shape index (κ2) is 9.22. The average molecular weight is 425 g/mol.